The largest absolute Gasteiger partial charge is 0.466 e. The molecule has 0 aliphatic carbocycles. The van der Waals surface area contributed by atoms with Crippen LogP contribution in [0, 0.1) is 20.8 Å². The summed E-state index contributed by atoms with van der Waals surface area (Å²) < 4.78 is 44.3. The first-order valence-corrected chi connectivity index (χ1v) is 7.15. The number of carbonyl (C=O) groups excluding carboxylic acids is 1. The van der Waals surface area contributed by atoms with Crippen molar-refractivity contribution in [2.75, 3.05) is 6.54 Å². The van der Waals surface area contributed by atoms with E-state index < -0.39 is 11.9 Å². The van der Waals surface area contributed by atoms with Crippen LogP contribution < -0.4 is 5.32 Å². The Labute approximate surface area is 131 Å². The van der Waals surface area contributed by atoms with Gasteiger partial charge >= 0.3 is 6.18 Å². The number of aromatic nitrogens is 2. The molecule has 0 aromatic carbocycles. The van der Waals surface area contributed by atoms with Crippen LogP contribution in [0.15, 0.2) is 16.5 Å². The molecule has 2 heterocycles. The minimum atomic E-state index is -4.44. The number of hydrogen-bond acceptors (Lipinski definition) is 3. The summed E-state index contributed by atoms with van der Waals surface area (Å²) >= 11 is 0. The normalized spacial score (nSPS) is 11.7. The maximum absolute atomic E-state index is 12.6. The highest BCUT2D eigenvalue weighted by atomic mass is 19.4. The lowest BCUT2D eigenvalue weighted by Gasteiger charge is -2.06. The minimum absolute atomic E-state index is 0.257. The zero-order valence-electron chi connectivity index (χ0n) is 13.1. The molecule has 0 saturated heterocycles. The van der Waals surface area contributed by atoms with Crippen molar-refractivity contribution in [3.8, 4) is 0 Å². The van der Waals surface area contributed by atoms with Gasteiger partial charge in [-0.15, -0.1) is 0 Å². The summed E-state index contributed by atoms with van der Waals surface area (Å²) in [6.07, 6.45) is -3.97. The molecule has 0 radical (unpaired) electrons. The highest BCUT2D eigenvalue weighted by Gasteiger charge is 2.34. The van der Waals surface area contributed by atoms with Crippen LogP contribution in [0.5, 0.6) is 0 Å². The van der Waals surface area contributed by atoms with Crippen LogP contribution >= 0.6 is 0 Å². The molecule has 0 spiro atoms. The molecule has 2 aromatic rings. The van der Waals surface area contributed by atoms with E-state index in [0.717, 1.165) is 6.07 Å². The standard InChI is InChI=1S/C15H18F3N3O2/c1-9-7-13(15(16,17)18)20-21(9)6-4-5-19-14(22)12-8-10(2)23-11(12)3/h7-8H,4-6H2,1-3H3,(H,19,22). The SMILES string of the molecule is Cc1cc(C(=O)NCCCn2nc(C(F)(F)F)cc2C)c(C)o1. The molecular formula is C15H18F3N3O2. The van der Waals surface area contributed by atoms with Crippen molar-refractivity contribution >= 4 is 5.91 Å². The van der Waals surface area contributed by atoms with Gasteiger partial charge in [0.25, 0.3) is 5.91 Å². The lowest BCUT2D eigenvalue weighted by atomic mass is 10.2. The van der Waals surface area contributed by atoms with E-state index in [9.17, 15) is 18.0 Å². The second-order valence-corrected chi connectivity index (χ2v) is 5.33. The lowest BCUT2D eigenvalue weighted by molar-refractivity contribution is -0.141. The predicted octanol–water partition coefficient (Wildman–Crippen LogP) is 3.24. The number of nitrogens with zero attached hydrogens (tertiary/aromatic N) is 2. The van der Waals surface area contributed by atoms with Gasteiger partial charge in [-0.05, 0) is 39.3 Å². The average Bonchev–Trinajstić information content (AvgIpc) is 2.97. The number of hydrogen-bond donors (Lipinski definition) is 1. The minimum Gasteiger partial charge on any atom is -0.466 e. The molecule has 1 amide bonds. The summed E-state index contributed by atoms with van der Waals surface area (Å²) in [6.45, 7) is 5.66. The molecule has 0 unspecified atom stereocenters. The van der Waals surface area contributed by atoms with Gasteiger partial charge in [0, 0.05) is 18.8 Å². The molecule has 5 nitrogen and oxygen atoms in total. The number of halogens is 3. The quantitative estimate of drug-likeness (QED) is 0.857. The molecule has 0 bridgehead atoms. The van der Waals surface area contributed by atoms with Crippen LogP contribution in [-0.4, -0.2) is 22.2 Å². The molecule has 0 aliphatic rings. The summed E-state index contributed by atoms with van der Waals surface area (Å²) in [6, 6.07) is 2.66. The molecule has 2 aromatic heterocycles. The van der Waals surface area contributed by atoms with Crippen molar-refractivity contribution in [3.63, 3.8) is 0 Å². The second-order valence-electron chi connectivity index (χ2n) is 5.33. The van der Waals surface area contributed by atoms with Crippen molar-refractivity contribution in [2.45, 2.75) is 39.9 Å². The average molecular weight is 329 g/mol. The third-order valence-corrected chi connectivity index (χ3v) is 3.39. The van der Waals surface area contributed by atoms with E-state index in [-0.39, 0.29) is 5.91 Å². The van der Waals surface area contributed by atoms with Crippen LogP contribution in [0.4, 0.5) is 13.2 Å². The smallest absolute Gasteiger partial charge is 0.435 e. The fraction of sp³-hybridized carbons (Fsp3) is 0.467. The first kappa shape index (κ1) is 17.1. The van der Waals surface area contributed by atoms with Crippen LogP contribution in [0.2, 0.25) is 0 Å². The van der Waals surface area contributed by atoms with E-state index in [1.54, 1.807) is 26.8 Å². The van der Waals surface area contributed by atoms with Gasteiger partial charge in [-0.2, -0.15) is 18.3 Å². The van der Waals surface area contributed by atoms with Crippen molar-refractivity contribution in [1.29, 1.82) is 0 Å². The van der Waals surface area contributed by atoms with Gasteiger partial charge < -0.3 is 9.73 Å². The summed E-state index contributed by atoms with van der Waals surface area (Å²) in [5, 5.41) is 6.25. The van der Waals surface area contributed by atoms with E-state index in [1.165, 1.54) is 4.68 Å². The van der Waals surface area contributed by atoms with Crippen LogP contribution in [0.25, 0.3) is 0 Å². The maximum Gasteiger partial charge on any atom is 0.435 e. The van der Waals surface area contributed by atoms with Gasteiger partial charge in [0.2, 0.25) is 0 Å². The van der Waals surface area contributed by atoms with Crippen molar-refractivity contribution < 1.29 is 22.4 Å². The van der Waals surface area contributed by atoms with Crippen molar-refractivity contribution in [2.24, 2.45) is 0 Å². The molecule has 0 saturated carbocycles. The number of alkyl halides is 3. The Balaban J connectivity index is 1.85. The van der Waals surface area contributed by atoms with Gasteiger partial charge in [-0.1, -0.05) is 0 Å². The highest BCUT2D eigenvalue weighted by Crippen LogP contribution is 2.28. The summed E-state index contributed by atoms with van der Waals surface area (Å²) in [7, 11) is 0. The Kier molecular flexibility index (Phi) is 4.82. The monoisotopic (exact) mass is 329 g/mol. The fourth-order valence-corrected chi connectivity index (χ4v) is 2.26. The maximum atomic E-state index is 12.6. The number of aryl methyl sites for hydroxylation is 4. The van der Waals surface area contributed by atoms with Crippen LogP contribution in [0.1, 0.15) is 39.7 Å². The Morgan fingerprint density at radius 1 is 1.30 bits per heavy atom. The van der Waals surface area contributed by atoms with Gasteiger partial charge in [0.05, 0.1) is 5.56 Å². The summed E-state index contributed by atoms with van der Waals surface area (Å²) in [5.74, 6) is 0.935. The van der Waals surface area contributed by atoms with E-state index in [4.69, 9.17) is 4.42 Å². The molecule has 2 rings (SSSR count). The highest BCUT2D eigenvalue weighted by molar-refractivity contribution is 5.95. The molecule has 23 heavy (non-hydrogen) atoms. The zero-order chi connectivity index (χ0) is 17.2. The Morgan fingerprint density at radius 3 is 2.52 bits per heavy atom. The van der Waals surface area contributed by atoms with E-state index in [2.05, 4.69) is 10.4 Å². The molecule has 126 valence electrons. The first-order chi connectivity index (χ1) is 10.7. The fourth-order valence-electron chi connectivity index (χ4n) is 2.26. The zero-order valence-corrected chi connectivity index (χ0v) is 13.1. The van der Waals surface area contributed by atoms with Gasteiger partial charge in [0.15, 0.2) is 5.69 Å². The Bertz CT molecular complexity index is 701. The van der Waals surface area contributed by atoms with Gasteiger partial charge in [0.1, 0.15) is 11.5 Å². The van der Waals surface area contributed by atoms with E-state index in [1.807, 2.05) is 0 Å². The van der Waals surface area contributed by atoms with E-state index in [0.29, 0.717) is 42.3 Å². The number of carbonyl (C=O) groups is 1. The van der Waals surface area contributed by atoms with E-state index >= 15 is 0 Å². The lowest BCUT2D eigenvalue weighted by Crippen LogP contribution is -2.25. The topological polar surface area (TPSA) is 60.1 Å². The molecular weight excluding hydrogens is 311 g/mol. The third-order valence-electron chi connectivity index (χ3n) is 3.39. The summed E-state index contributed by atoms with van der Waals surface area (Å²) in [5.41, 5.74) is 0.00520. The van der Waals surface area contributed by atoms with Gasteiger partial charge in [-0.3, -0.25) is 9.48 Å². The summed E-state index contributed by atoms with van der Waals surface area (Å²) in [4.78, 5) is 12.0. The molecule has 0 fully saturated rings. The number of amides is 1. The Morgan fingerprint density at radius 2 is 2.00 bits per heavy atom. The number of furan rings is 1. The first-order valence-electron chi connectivity index (χ1n) is 7.15. The predicted molar refractivity (Wildman–Crippen MR) is 77.1 cm³/mol. The van der Waals surface area contributed by atoms with Crippen LogP contribution in [0.3, 0.4) is 0 Å². The molecule has 0 atom stereocenters. The third kappa shape index (κ3) is 4.14. The van der Waals surface area contributed by atoms with Crippen LogP contribution in [-0.2, 0) is 12.7 Å². The molecule has 8 heteroatoms. The molecule has 1 N–H and O–H groups in total. The van der Waals surface area contributed by atoms with Crippen molar-refractivity contribution in [3.05, 3.63) is 40.6 Å². The van der Waals surface area contributed by atoms with Crippen molar-refractivity contribution in [1.82, 2.24) is 15.1 Å². The number of nitrogens with one attached hydrogen (secondary N) is 1. The number of rotatable bonds is 5. The Hall–Kier alpha value is -2.25. The second kappa shape index (κ2) is 6.47. The molecule has 0 aliphatic heterocycles. The van der Waals surface area contributed by atoms with Gasteiger partial charge in [-0.25, -0.2) is 0 Å².